The van der Waals surface area contributed by atoms with Crippen molar-refractivity contribution in [1.29, 1.82) is 0 Å². The monoisotopic (exact) mass is 239 g/mol. The first-order chi connectivity index (χ1) is 7.52. The summed E-state index contributed by atoms with van der Waals surface area (Å²) >= 11 is 6.00. The molecule has 1 aromatic rings. The number of allylic oxidation sites excluding steroid dienone is 1. The molecule has 1 unspecified atom stereocenters. The number of nitrogens with zero attached hydrogens (tertiary/aromatic N) is 2. The maximum atomic E-state index is 6.02. The van der Waals surface area contributed by atoms with Crippen LogP contribution in [0.2, 0.25) is 5.15 Å². The number of anilines is 2. The van der Waals surface area contributed by atoms with E-state index in [0.717, 1.165) is 17.1 Å². The summed E-state index contributed by atoms with van der Waals surface area (Å²) in [6.45, 7) is 3.79. The molecule has 0 fully saturated rings. The summed E-state index contributed by atoms with van der Waals surface area (Å²) in [7, 11) is 0. The fourth-order valence-electron chi connectivity index (χ4n) is 1.92. The lowest BCUT2D eigenvalue weighted by molar-refractivity contribution is 0.788. The van der Waals surface area contributed by atoms with E-state index in [1.165, 1.54) is 0 Å². The zero-order valence-corrected chi connectivity index (χ0v) is 9.92. The van der Waals surface area contributed by atoms with Crippen LogP contribution in [0.5, 0.6) is 0 Å². The van der Waals surface area contributed by atoms with Crippen molar-refractivity contribution < 1.29 is 0 Å². The van der Waals surface area contributed by atoms with Gasteiger partial charge >= 0.3 is 0 Å². The maximum Gasteiger partial charge on any atom is 0.154 e. The van der Waals surface area contributed by atoms with Gasteiger partial charge in [0.2, 0.25) is 0 Å². The minimum Gasteiger partial charge on any atom is -0.401 e. The number of nitrogens with one attached hydrogen (secondary N) is 1. The van der Waals surface area contributed by atoms with E-state index in [1.54, 1.807) is 17.3 Å². The highest BCUT2D eigenvalue weighted by atomic mass is 35.5. The van der Waals surface area contributed by atoms with Gasteiger partial charge in [0.15, 0.2) is 5.15 Å². The van der Waals surface area contributed by atoms with Gasteiger partial charge in [0.25, 0.3) is 0 Å². The largest absolute Gasteiger partial charge is 0.401 e. The molecule has 16 heavy (non-hydrogen) atoms. The van der Waals surface area contributed by atoms with Crippen LogP contribution in [0.25, 0.3) is 0 Å². The van der Waals surface area contributed by atoms with E-state index in [4.69, 9.17) is 23.2 Å². The molecule has 0 aromatic carbocycles. The van der Waals surface area contributed by atoms with Crippen molar-refractivity contribution in [3.63, 3.8) is 0 Å². The van der Waals surface area contributed by atoms with Gasteiger partial charge in [-0.05, 0) is 19.9 Å². The van der Waals surface area contributed by atoms with E-state index in [1.807, 2.05) is 13.8 Å². The molecule has 6 heteroatoms. The van der Waals surface area contributed by atoms with Crippen molar-refractivity contribution in [3.05, 3.63) is 28.8 Å². The van der Waals surface area contributed by atoms with Gasteiger partial charge in [0, 0.05) is 11.9 Å². The Kier molecular flexibility index (Phi) is 2.65. The fraction of sp³-hybridized carbons (Fsp3) is 0.300. The number of halogens is 1. The quantitative estimate of drug-likeness (QED) is 0.471. The molecule has 86 valence electrons. The topological polar surface area (TPSA) is 80.2 Å². The van der Waals surface area contributed by atoms with E-state index in [0.29, 0.717) is 10.9 Å². The predicted molar refractivity (Wildman–Crippen MR) is 65.9 cm³/mol. The molecular formula is C10H14ClN5. The van der Waals surface area contributed by atoms with E-state index in [2.05, 4.69) is 10.3 Å². The first-order valence-electron chi connectivity index (χ1n) is 4.94. The molecule has 0 bridgehead atoms. The van der Waals surface area contributed by atoms with Gasteiger partial charge in [-0.15, -0.1) is 0 Å². The third-order valence-electron chi connectivity index (χ3n) is 2.58. The van der Waals surface area contributed by atoms with Crippen LogP contribution < -0.4 is 21.9 Å². The lowest BCUT2D eigenvalue weighted by Crippen LogP contribution is -2.43. The first kappa shape index (κ1) is 11.0. The van der Waals surface area contributed by atoms with Crippen LogP contribution in [-0.4, -0.2) is 11.0 Å². The van der Waals surface area contributed by atoms with Crippen LogP contribution in [-0.2, 0) is 0 Å². The summed E-state index contributed by atoms with van der Waals surface area (Å²) in [4.78, 5) is 4.00. The smallest absolute Gasteiger partial charge is 0.154 e. The number of nitrogens with two attached hydrogens (primary N) is 2. The molecule has 0 radical (unpaired) electrons. The van der Waals surface area contributed by atoms with E-state index >= 15 is 0 Å². The third-order valence-corrected chi connectivity index (χ3v) is 2.86. The van der Waals surface area contributed by atoms with Gasteiger partial charge in [-0.3, -0.25) is 5.01 Å². The van der Waals surface area contributed by atoms with Crippen LogP contribution in [0.15, 0.2) is 23.7 Å². The van der Waals surface area contributed by atoms with Crippen molar-refractivity contribution in [2.24, 2.45) is 11.6 Å². The standard InChI is InChI=1S/C10H14ClN5/c1-5(12)9-6(2)15-8-7(16(9)13)3-4-14-10(8)11/h3-4,6,15H,12-13H2,1-2H3/b9-5-. The van der Waals surface area contributed by atoms with Gasteiger partial charge in [-0.1, -0.05) is 11.6 Å². The summed E-state index contributed by atoms with van der Waals surface area (Å²) < 4.78 is 0. The summed E-state index contributed by atoms with van der Waals surface area (Å²) in [5.41, 5.74) is 8.85. The Morgan fingerprint density at radius 3 is 2.94 bits per heavy atom. The number of pyridine rings is 1. The van der Waals surface area contributed by atoms with Gasteiger partial charge < -0.3 is 11.1 Å². The van der Waals surface area contributed by atoms with Crippen LogP contribution in [0.4, 0.5) is 11.4 Å². The highest BCUT2D eigenvalue weighted by Gasteiger charge is 2.27. The van der Waals surface area contributed by atoms with Crippen LogP contribution in [0.3, 0.4) is 0 Å². The second-order valence-corrected chi connectivity index (χ2v) is 4.16. The van der Waals surface area contributed by atoms with Crippen molar-refractivity contribution in [1.82, 2.24) is 4.98 Å². The second kappa shape index (κ2) is 3.84. The van der Waals surface area contributed by atoms with Crippen molar-refractivity contribution in [2.75, 3.05) is 10.3 Å². The Hall–Kier alpha value is -1.46. The van der Waals surface area contributed by atoms with Gasteiger partial charge in [0.05, 0.1) is 23.1 Å². The van der Waals surface area contributed by atoms with Gasteiger partial charge in [-0.2, -0.15) is 0 Å². The van der Waals surface area contributed by atoms with Crippen molar-refractivity contribution >= 4 is 23.0 Å². The molecule has 0 saturated carbocycles. The Labute approximate surface area is 99.0 Å². The van der Waals surface area contributed by atoms with Crippen LogP contribution in [0, 0.1) is 0 Å². The molecule has 2 rings (SSSR count). The molecule has 1 aromatic heterocycles. The van der Waals surface area contributed by atoms with Crippen LogP contribution >= 0.6 is 11.6 Å². The molecule has 0 aliphatic carbocycles. The maximum absolute atomic E-state index is 6.02. The summed E-state index contributed by atoms with van der Waals surface area (Å²) in [5, 5.41) is 5.20. The molecule has 2 heterocycles. The first-order valence-corrected chi connectivity index (χ1v) is 5.32. The third kappa shape index (κ3) is 1.58. The normalized spacial score (nSPS) is 22.5. The molecule has 0 spiro atoms. The molecule has 5 N–H and O–H groups in total. The summed E-state index contributed by atoms with van der Waals surface area (Å²) in [5.74, 6) is 6.02. The average molecular weight is 240 g/mol. The lowest BCUT2D eigenvalue weighted by atomic mass is 10.1. The molecule has 0 saturated heterocycles. The van der Waals surface area contributed by atoms with Gasteiger partial charge in [-0.25, -0.2) is 10.8 Å². The predicted octanol–water partition coefficient (Wildman–Crippen LogP) is 1.42. The molecule has 0 amide bonds. The van der Waals surface area contributed by atoms with E-state index < -0.39 is 0 Å². The SMILES string of the molecule is C/C(N)=C1\C(C)Nc2c(ccnc2Cl)N1N. The zero-order chi connectivity index (χ0) is 11.9. The number of hydrogen-bond donors (Lipinski definition) is 3. The number of hydrogen-bond acceptors (Lipinski definition) is 5. The molecule has 5 nitrogen and oxygen atoms in total. The highest BCUT2D eigenvalue weighted by Crippen LogP contribution is 2.37. The number of aromatic nitrogens is 1. The van der Waals surface area contributed by atoms with E-state index in [9.17, 15) is 0 Å². The number of rotatable bonds is 0. The molecule has 1 aliphatic rings. The van der Waals surface area contributed by atoms with Crippen LogP contribution in [0.1, 0.15) is 13.8 Å². The molecule has 1 aliphatic heterocycles. The Morgan fingerprint density at radius 2 is 2.31 bits per heavy atom. The van der Waals surface area contributed by atoms with Crippen molar-refractivity contribution in [2.45, 2.75) is 19.9 Å². The van der Waals surface area contributed by atoms with Gasteiger partial charge in [0.1, 0.15) is 0 Å². The summed E-state index contributed by atoms with van der Waals surface area (Å²) in [6, 6.07) is 1.80. The minimum absolute atomic E-state index is 0.00389. The highest BCUT2D eigenvalue weighted by molar-refractivity contribution is 6.32. The Bertz CT molecular complexity index is 453. The number of hydrazine groups is 1. The lowest BCUT2D eigenvalue weighted by Gasteiger charge is -2.35. The molecular weight excluding hydrogens is 226 g/mol. The minimum atomic E-state index is 0.00389. The summed E-state index contributed by atoms with van der Waals surface area (Å²) in [6.07, 6.45) is 1.61. The number of fused-ring (bicyclic) bond motifs is 1. The zero-order valence-electron chi connectivity index (χ0n) is 9.16. The Balaban J connectivity index is 2.58. The van der Waals surface area contributed by atoms with E-state index in [-0.39, 0.29) is 6.04 Å². The average Bonchev–Trinajstić information content (AvgIpc) is 2.19. The Morgan fingerprint density at radius 1 is 1.62 bits per heavy atom. The van der Waals surface area contributed by atoms with Crippen molar-refractivity contribution in [3.8, 4) is 0 Å². The molecule has 1 atom stereocenters. The fourth-order valence-corrected chi connectivity index (χ4v) is 2.12. The second-order valence-electron chi connectivity index (χ2n) is 3.80.